The molecule has 0 spiro atoms. The number of nitrogens with zero attached hydrogens (tertiary/aromatic N) is 1. The first-order valence-electron chi connectivity index (χ1n) is 6.90. The van der Waals surface area contributed by atoms with Gasteiger partial charge in [0.05, 0.1) is 11.7 Å². The molecule has 2 aliphatic rings. The zero-order chi connectivity index (χ0) is 14.3. The highest BCUT2D eigenvalue weighted by atomic mass is 35.5. The highest BCUT2D eigenvalue weighted by Crippen LogP contribution is 2.30. The van der Waals surface area contributed by atoms with E-state index in [1.54, 1.807) is 6.07 Å². The van der Waals surface area contributed by atoms with E-state index in [2.05, 4.69) is 4.90 Å². The molecule has 1 fully saturated rings. The molecule has 2 aliphatic heterocycles. The number of hydrogen-bond donors (Lipinski definition) is 2. The van der Waals surface area contributed by atoms with Gasteiger partial charge in [0.1, 0.15) is 6.61 Å². The Kier molecular flexibility index (Phi) is 4.88. The summed E-state index contributed by atoms with van der Waals surface area (Å²) < 4.78 is 5.04. The molecule has 21 heavy (non-hydrogen) atoms. The van der Waals surface area contributed by atoms with E-state index in [0.717, 1.165) is 36.2 Å². The van der Waals surface area contributed by atoms with Gasteiger partial charge in [-0.1, -0.05) is 6.07 Å². The first-order valence-corrected chi connectivity index (χ1v) is 7.34. The maximum absolute atomic E-state index is 11.5. The lowest BCUT2D eigenvalue weighted by atomic mass is 9.95. The quantitative estimate of drug-likeness (QED) is 0.660. The number of halogens is 1. The molecular weight excluding hydrogens is 292 g/mol. The number of rotatable bonds is 3. The van der Waals surface area contributed by atoms with E-state index in [9.17, 15) is 9.90 Å². The van der Waals surface area contributed by atoms with Gasteiger partial charge >= 0.3 is 5.97 Å². The number of likely N-dealkylation sites (tertiary alicyclic amines) is 1. The van der Waals surface area contributed by atoms with Crippen LogP contribution < -0.4 is 6.15 Å². The van der Waals surface area contributed by atoms with Crippen molar-refractivity contribution in [2.75, 3.05) is 19.6 Å². The average Bonchev–Trinajstić information content (AvgIpc) is 2.97. The maximum atomic E-state index is 11.5. The van der Waals surface area contributed by atoms with Gasteiger partial charge in [-0.05, 0) is 37.1 Å². The normalized spacial score (nSPS) is 22.6. The number of carbonyl (C=O) groups is 1. The Balaban J connectivity index is 0.00000161. The van der Waals surface area contributed by atoms with Crippen molar-refractivity contribution in [3.05, 3.63) is 34.4 Å². The minimum absolute atomic E-state index is 0. The van der Waals surface area contributed by atoms with Crippen molar-refractivity contribution in [1.82, 2.24) is 11.1 Å². The Morgan fingerprint density at radius 2 is 2.29 bits per heavy atom. The number of aliphatic hydroxyl groups excluding tert-OH is 1. The van der Waals surface area contributed by atoms with Crippen molar-refractivity contribution >= 4 is 17.6 Å². The van der Waals surface area contributed by atoms with Crippen LogP contribution in [-0.4, -0.2) is 41.0 Å². The molecule has 0 saturated carbocycles. The summed E-state index contributed by atoms with van der Waals surface area (Å²) in [5.41, 5.74) is 3.37. The van der Waals surface area contributed by atoms with Crippen molar-refractivity contribution < 1.29 is 14.6 Å². The van der Waals surface area contributed by atoms with Crippen LogP contribution in [0.5, 0.6) is 0 Å². The Bertz CT molecular complexity index is 550. The molecule has 6 heteroatoms. The van der Waals surface area contributed by atoms with Gasteiger partial charge in [0.2, 0.25) is 0 Å². The molecule has 0 unspecified atom stereocenters. The minimum atomic E-state index is -0.557. The third-order valence-corrected chi connectivity index (χ3v) is 4.57. The van der Waals surface area contributed by atoms with E-state index >= 15 is 0 Å². The summed E-state index contributed by atoms with van der Waals surface area (Å²) in [6, 6.07) is 3.59. The van der Waals surface area contributed by atoms with Crippen LogP contribution in [0.2, 0.25) is 0 Å². The fourth-order valence-electron chi connectivity index (χ4n) is 3.02. The predicted octanol–water partition coefficient (Wildman–Crippen LogP) is 2.17. The van der Waals surface area contributed by atoms with Gasteiger partial charge in [0.15, 0.2) is 0 Å². The van der Waals surface area contributed by atoms with Crippen LogP contribution in [0.1, 0.15) is 39.6 Å². The highest BCUT2D eigenvalue weighted by Gasteiger charge is 2.27. The second-order valence-electron chi connectivity index (χ2n) is 5.54. The summed E-state index contributed by atoms with van der Waals surface area (Å²) >= 11 is 6.08. The molecule has 2 heterocycles. The molecule has 1 saturated heterocycles. The Hall–Kier alpha value is -1.14. The van der Waals surface area contributed by atoms with Gasteiger partial charge < -0.3 is 16.0 Å². The first-order chi connectivity index (χ1) is 9.56. The van der Waals surface area contributed by atoms with E-state index in [4.69, 9.17) is 16.3 Å². The molecular formula is C15H21ClN2O3. The Morgan fingerprint density at radius 3 is 2.95 bits per heavy atom. The van der Waals surface area contributed by atoms with Crippen LogP contribution >= 0.6 is 11.6 Å². The molecule has 0 aromatic heterocycles. The minimum Gasteiger partial charge on any atom is -0.457 e. The Labute approximate surface area is 129 Å². The second-order valence-corrected chi connectivity index (χ2v) is 6.16. The molecule has 1 aromatic rings. The largest absolute Gasteiger partial charge is 0.457 e. The number of β-amino-alcohol motifs (C(OH)–C–C–N with tert-alkyl or cyclic N) is 1. The van der Waals surface area contributed by atoms with Crippen LogP contribution in [0, 0.1) is 6.92 Å². The van der Waals surface area contributed by atoms with Crippen LogP contribution in [0.4, 0.5) is 0 Å². The summed E-state index contributed by atoms with van der Waals surface area (Å²) in [6.45, 7) is 4.58. The van der Waals surface area contributed by atoms with Crippen LogP contribution in [-0.2, 0) is 11.3 Å². The molecule has 116 valence electrons. The standard InChI is InChI=1S/C15H18ClNO3.H3N/c1-9-11(2-3-12-13(9)8-20-15(12)19)14(18)7-17-5-4-10(16)6-17;/h2-3,10,14,18H,4-8H2,1H3;1H3/t10-,14+;/m1./s1. The molecule has 0 bridgehead atoms. The number of esters is 1. The predicted molar refractivity (Wildman–Crippen MR) is 81.0 cm³/mol. The van der Waals surface area contributed by atoms with Gasteiger partial charge in [-0.25, -0.2) is 4.79 Å². The number of benzene rings is 1. The van der Waals surface area contributed by atoms with E-state index in [0.29, 0.717) is 18.7 Å². The molecule has 3 rings (SSSR count). The second kappa shape index (κ2) is 6.32. The summed E-state index contributed by atoms with van der Waals surface area (Å²) in [4.78, 5) is 13.7. The fraction of sp³-hybridized carbons (Fsp3) is 0.533. The van der Waals surface area contributed by atoms with Crippen LogP contribution in [0.3, 0.4) is 0 Å². The number of hydrogen-bond acceptors (Lipinski definition) is 5. The zero-order valence-corrected chi connectivity index (χ0v) is 12.9. The number of alkyl halides is 1. The average molecular weight is 313 g/mol. The summed E-state index contributed by atoms with van der Waals surface area (Å²) in [5.74, 6) is -0.270. The van der Waals surface area contributed by atoms with E-state index in [1.165, 1.54) is 0 Å². The summed E-state index contributed by atoms with van der Waals surface area (Å²) in [7, 11) is 0. The zero-order valence-electron chi connectivity index (χ0n) is 12.1. The number of carbonyl (C=O) groups excluding carboxylic acids is 1. The van der Waals surface area contributed by atoms with Crippen LogP contribution in [0.15, 0.2) is 12.1 Å². The first kappa shape index (κ1) is 16.2. The highest BCUT2D eigenvalue weighted by molar-refractivity contribution is 6.20. The third kappa shape index (κ3) is 3.06. The molecule has 1 aromatic carbocycles. The Morgan fingerprint density at radius 1 is 1.52 bits per heavy atom. The van der Waals surface area contributed by atoms with Crippen molar-refractivity contribution in [2.45, 2.75) is 31.4 Å². The van der Waals surface area contributed by atoms with Gasteiger partial charge in [0, 0.05) is 24.0 Å². The number of cyclic esters (lactones) is 1. The maximum Gasteiger partial charge on any atom is 0.338 e. The van der Waals surface area contributed by atoms with Crippen molar-refractivity contribution in [3.63, 3.8) is 0 Å². The van der Waals surface area contributed by atoms with Crippen molar-refractivity contribution in [3.8, 4) is 0 Å². The number of fused-ring (bicyclic) bond motifs is 1. The summed E-state index contributed by atoms with van der Waals surface area (Å²) in [5, 5.41) is 10.6. The van der Waals surface area contributed by atoms with Gasteiger partial charge in [-0.15, -0.1) is 11.6 Å². The van der Waals surface area contributed by atoms with Crippen LogP contribution in [0.25, 0.3) is 0 Å². The molecule has 4 N–H and O–H groups in total. The van der Waals surface area contributed by atoms with Gasteiger partial charge in [-0.2, -0.15) is 0 Å². The SMILES string of the molecule is Cc1c([C@@H](O)CN2CC[C@@H](Cl)C2)ccc2c1COC2=O.N. The lowest BCUT2D eigenvalue weighted by Gasteiger charge is -2.21. The van der Waals surface area contributed by atoms with Crippen molar-refractivity contribution in [1.29, 1.82) is 0 Å². The molecule has 5 nitrogen and oxygen atoms in total. The molecule has 0 aliphatic carbocycles. The topological polar surface area (TPSA) is 84.8 Å². The molecule has 2 atom stereocenters. The van der Waals surface area contributed by atoms with Gasteiger partial charge in [-0.3, -0.25) is 4.90 Å². The lowest BCUT2D eigenvalue weighted by Crippen LogP contribution is -2.27. The van der Waals surface area contributed by atoms with E-state index in [1.807, 2.05) is 13.0 Å². The number of ether oxygens (including phenoxy) is 1. The molecule has 0 radical (unpaired) electrons. The number of aliphatic hydroxyl groups is 1. The van der Waals surface area contributed by atoms with E-state index in [-0.39, 0.29) is 17.5 Å². The van der Waals surface area contributed by atoms with Gasteiger partial charge in [0.25, 0.3) is 0 Å². The van der Waals surface area contributed by atoms with Crippen molar-refractivity contribution in [2.24, 2.45) is 0 Å². The lowest BCUT2D eigenvalue weighted by molar-refractivity contribution is 0.0535. The fourth-order valence-corrected chi connectivity index (χ4v) is 3.32. The van der Waals surface area contributed by atoms with E-state index < -0.39 is 6.10 Å². The summed E-state index contributed by atoms with van der Waals surface area (Å²) in [6.07, 6.45) is 0.415. The third-order valence-electron chi connectivity index (χ3n) is 4.21. The molecule has 0 amide bonds. The monoisotopic (exact) mass is 312 g/mol. The smallest absolute Gasteiger partial charge is 0.338 e.